The molecular weight excluding hydrogens is 270 g/mol. The largest absolute Gasteiger partial charge is 0.394 e. The van der Waals surface area contributed by atoms with E-state index in [1.807, 2.05) is 13.8 Å². The number of rotatable bonds is 8. The van der Waals surface area contributed by atoms with Crippen molar-refractivity contribution in [1.29, 1.82) is 0 Å². The first kappa shape index (κ1) is 20.8. The first-order valence-electron chi connectivity index (χ1n) is 8.20. The Bertz CT molecular complexity index is 218. The molecule has 1 aliphatic rings. The molecule has 0 aromatic carbocycles. The Morgan fingerprint density at radius 1 is 0.952 bits per heavy atom. The summed E-state index contributed by atoms with van der Waals surface area (Å²) in [6.07, 6.45) is 3.94. The topological polar surface area (TPSA) is 62.2 Å². The van der Waals surface area contributed by atoms with E-state index in [4.69, 9.17) is 19.7 Å². The van der Waals surface area contributed by atoms with E-state index < -0.39 is 6.10 Å². The molecular formula is C16H35NO4. The van der Waals surface area contributed by atoms with Crippen molar-refractivity contribution < 1.29 is 19.7 Å². The zero-order valence-electron chi connectivity index (χ0n) is 14.3. The van der Waals surface area contributed by atoms with Crippen LogP contribution in [0.25, 0.3) is 0 Å². The first-order chi connectivity index (χ1) is 9.95. The summed E-state index contributed by atoms with van der Waals surface area (Å²) in [5, 5.41) is 17.0. The molecule has 1 saturated heterocycles. The van der Waals surface area contributed by atoms with Gasteiger partial charge in [-0.05, 0) is 53.6 Å². The third-order valence-electron chi connectivity index (χ3n) is 3.14. The van der Waals surface area contributed by atoms with E-state index in [1.165, 1.54) is 32.4 Å². The van der Waals surface area contributed by atoms with Gasteiger partial charge in [-0.25, -0.2) is 0 Å². The average molecular weight is 305 g/mol. The zero-order chi connectivity index (χ0) is 16.1. The Morgan fingerprint density at radius 2 is 1.52 bits per heavy atom. The van der Waals surface area contributed by atoms with Crippen LogP contribution in [-0.2, 0) is 9.47 Å². The van der Waals surface area contributed by atoms with Crippen LogP contribution in [0.1, 0.15) is 47.0 Å². The lowest BCUT2D eigenvalue weighted by Crippen LogP contribution is -2.33. The van der Waals surface area contributed by atoms with Gasteiger partial charge in [-0.15, -0.1) is 0 Å². The fraction of sp³-hybridized carbons (Fsp3) is 1.00. The third-order valence-corrected chi connectivity index (χ3v) is 3.14. The van der Waals surface area contributed by atoms with Crippen LogP contribution in [0.15, 0.2) is 0 Å². The molecule has 0 aromatic heterocycles. The highest BCUT2D eigenvalue weighted by molar-refractivity contribution is 4.63. The fourth-order valence-corrected chi connectivity index (χ4v) is 1.96. The van der Waals surface area contributed by atoms with Crippen molar-refractivity contribution in [2.45, 2.75) is 65.3 Å². The fourth-order valence-electron chi connectivity index (χ4n) is 1.96. The maximum Gasteiger partial charge on any atom is 0.100 e. The number of aliphatic hydroxyl groups is 2. The molecule has 5 nitrogen and oxygen atoms in total. The summed E-state index contributed by atoms with van der Waals surface area (Å²) in [5.41, 5.74) is 0. The lowest BCUT2D eigenvalue weighted by molar-refractivity contribution is -0.0167. The molecule has 0 aromatic rings. The molecule has 2 N–H and O–H groups in total. The van der Waals surface area contributed by atoms with Gasteiger partial charge in [-0.3, -0.25) is 0 Å². The summed E-state index contributed by atoms with van der Waals surface area (Å²) < 4.78 is 10.5. The summed E-state index contributed by atoms with van der Waals surface area (Å²) in [6, 6.07) is 0. The molecule has 0 spiro atoms. The Balaban J connectivity index is 0.000000400. The molecule has 128 valence electrons. The lowest BCUT2D eigenvalue weighted by Gasteiger charge is -2.26. The normalized spacial score (nSPS) is 17.7. The second-order valence-electron chi connectivity index (χ2n) is 6.04. The number of nitrogens with zero attached hydrogens (tertiary/aromatic N) is 1. The summed E-state index contributed by atoms with van der Waals surface area (Å²) >= 11 is 0. The molecule has 1 atom stereocenters. The molecule has 0 saturated carbocycles. The molecule has 5 heteroatoms. The van der Waals surface area contributed by atoms with E-state index in [0.717, 1.165) is 13.2 Å². The molecule has 0 amide bonds. The maximum absolute atomic E-state index is 8.73. The predicted octanol–water partition coefficient (Wildman–Crippen LogP) is 1.66. The highest BCUT2D eigenvalue weighted by atomic mass is 16.5. The van der Waals surface area contributed by atoms with Gasteiger partial charge >= 0.3 is 0 Å². The summed E-state index contributed by atoms with van der Waals surface area (Å²) in [6.45, 7) is 12.5. The second-order valence-corrected chi connectivity index (χ2v) is 6.04. The van der Waals surface area contributed by atoms with Gasteiger partial charge in [0.2, 0.25) is 0 Å². The monoisotopic (exact) mass is 305 g/mol. The van der Waals surface area contributed by atoms with Crippen molar-refractivity contribution >= 4 is 0 Å². The number of hydrogen-bond donors (Lipinski definition) is 2. The SMILES string of the molecule is CC(C)OCC(O)CO.CC(C)OCCN1CCCCC1. The van der Waals surface area contributed by atoms with Crippen LogP contribution in [0.4, 0.5) is 0 Å². The van der Waals surface area contributed by atoms with Gasteiger partial charge in [0.15, 0.2) is 0 Å². The second kappa shape index (κ2) is 13.5. The molecule has 1 fully saturated rings. The van der Waals surface area contributed by atoms with Gasteiger partial charge in [0, 0.05) is 6.54 Å². The number of ether oxygens (including phenoxy) is 2. The van der Waals surface area contributed by atoms with E-state index >= 15 is 0 Å². The smallest absolute Gasteiger partial charge is 0.100 e. The average Bonchev–Trinajstić information content (AvgIpc) is 2.46. The van der Waals surface area contributed by atoms with Gasteiger partial charge in [0.25, 0.3) is 0 Å². The van der Waals surface area contributed by atoms with Gasteiger partial charge in [0.1, 0.15) is 6.10 Å². The number of likely N-dealkylation sites (tertiary alicyclic amines) is 1. The lowest BCUT2D eigenvalue weighted by atomic mass is 10.1. The van der Waals surface area contributed by atoms with E-state index in [-0.39, 0.29) is 19.3 Å². The van der Waals surface area contributed by atoms with Crippen molar-refractivity contribution in [3.63, 3.8) is 0 Å². The van der Waals surface area contributed by atoms with Gasteiger partial charge in [0.05, 0.1) is 32.0 Å². The number of piperidine rings is 1. The quantitative estimate of drug-likeness (QED) is 0.714. The van der Waals surface area contributed by atoms with E-state index in [1.54, 1.807) is 0 Å². The number of aliphatic hydroxyl groups excluding tert-OH is 2. The van der Waals surface area contributed by atoms with Crippen LogP contribution < -0.4 is 0 Å². The molecule has 1 unspecified atom stereocenters. The van der Waals surface area contributed by atoms with Crippen LogP contribution in [0, 0.1) is 0 Å². The standard InChI is InChI=1S/C10H21NO.C6H14O3/c1-10(2)12-9-8-11-6-4-3-5-7-11;1-5(2)9-4-6(8)3-7/h10H,3-9H2,1-2H3;5-8H,3-4H2,1-2H3. The van der Waals surface area contributed by atoms with Crippen molar-refractivity contribution in [3.05, 3.63) is 0 Å². The molecule has 1 aliphatic heterocycles. The van der Waals surface area contributed by atoms with Crippen LogP contribution in [0.5, 0.6) is 0 Å². The highest BCUT2D eigenvalue weighted by Crippen LogP contribution is 2.07. The molecule has 0 aliphatic carbocycles. The van der Waals surface area contributed by atoms with Gasteiger partial charge in [-0.2, -0.15) is 0 Å². The van der Waals surface area contributed by atoms with Crippen LogP contribution in [-0.4, -0.2) is 72.9 Å². The Morgan fingerprint density at radius 3 is 2.00 bits per heavy atom. The minimum Gasteiger partial charge on any atom is -0.394 e. The Hall–Kier alpha value is -0.200. The third kappa shape index (κ3) is 14.5. The van der Waals surface area contributed by atoms with Crippen LogP contribution >= 0.6 is 0 Å². The van der Waals surface area contributed by atoms with Crippen molar-refractivity contribution in [2.75, 3.05) is 39.5 Å². The Kier molecular flexibility index (Phi) is 13.3. The minimum atomic E-state index is -0.729. The van der Waals surface area contributed by atoms with Gasteiger partial charge in [-0.1, -0.05) is 6.42 Å². The van der Waals surface area contributed by atoms with Crippen molar-refractivity contribution in [2.24, 2.45) is 0 Å². The first-order valence-corrected chi connectivity index (χ1v) is 8.20. The highest BCUT2D eigenvalue weighted by Gasteiger charge is 2.09. The van der Waals surface area contributed by atoms with Crippen molar-refractivity contribution in [1.82, 2.24) is 4.90 Å². The van der Waals surface area contributed by atoms with E-state index in [0.29, 0.717) is 6.10 Å². The predicted molar refractivity (Wildman–Crippen MR) is 85.6 cm³/mol. The molecule has 1 heterocycles. The number of hydrogen-bond acceptors (Lipinski definition) is 5. The van der Waals surface area contributed by atoms with E-state index in [2.05, 4.69) is 18.7 Å². The van der Waals surface area contributed by atoms with Gasteiger partial charge < -0.3 is 24.6 Å². The van der Waals surface area contributed by atoms with Crippen LogP contribution in [0.3, 0.4) is 0 Å². The van der Waals surface area contributed by atoms with Crippen molar-refractivity contribution in [3.8, 4) is 0 Å². The Labute approximate surface area is 130 Å². The van der Waals surface area contributed by atoms with Crippen LogP contribution in [0.2, 0.25) is 0 Å². The maximum atomic E-state index is 8.73. The zero-order valence-corrected chi connectivity index (χ0v) is 14.3. The molecule has 0 bridgehead atoms. The minimum absolute atomic E-state index is 0.117. The summed E-state index contributed by atoms with van der Waals surface area (Å²) in [5.74, 6) is 0. The van der Waals surface area contributed by atoms with E-state index in [9.17, 15) is 0 Å². The molecule has 1 rings (SSSR count). The summed E-state index contributed by atoms with van der Waals surface area (Å²) in [4.78, 5) is 2.51. The molecule has 0 radical (unpaired) electrons. The molecule has 21 heavy (non-hydrogen) atoms. The summed E-state index contributed by atoms with van der Waals surface area (Å²) in [7, 11) is 0.